The molecule has 0 aromatic heterocycles. The van der Waals surface area contributed by atoms with Crippen molar-refractivity contribution in [2.24, 2.45) is 0 Å². The maximum Gasteiger partial charge on any atom is 0.259 e. The molecule has 1 aliphatic rings. The molecule has 6 heteroatoms. The van der Waals surface area contributed by atoms with Crippen LogP contribution in [0.3, 0.4) is 0 Å². The summed E-state index contributed by atoms with van der Waals surface area (Å²) in [6, 6.07) is 20.9. The third-order valence-corrected chi connectivity index (χ3v) is 5.94. The Balaban J connectivity index is 1.75. The van der Waals surface area contributed by atoms with E-state index in [1.54, 1.807) is 61.6 Å². The normalized spacial score (nSPS) is 15.5. The summed E-state index contributed by atoms with van der Waals surface area (Å²) < 4.78 is 13.0. The van der Waals surface area contributed by atoms with Gasteiger partial charge >= 0.3 is 0 Å². The van der Waals surface area contributed by atoms with Gasteiger partial charge in [-0.2, -0.15) is 0 Å². The topological polar surface area (TPSA) is 66.5 Å². The summed E-state index contributed by atoms with van der Waals surface area (Å²) in [6.07, 6.45) is 0. The second-order valence-electron chi connectivity index (χ2n) is 6.13. The minimum atomic E-state index is -1.50. The number of hydrogen-bond acceptors (Lipinski definition) is 3. The lowest BCUT2D eigenvalue weighted by Gasteiger charge is -2.18. The summed E-state index contributed by atoms with van der Waals surface area (Å²) in [7, 11) is 0.122. The highest BCUT2D eigenvalue weighted by molar-refractivity contribution is 7.85. The van der Waals surface area contributed by atoms with Crippen LogP contribution in [-0.4, -0.2) is 23.1 Å². The van der Waals surface area contributed by atoms with Crippen LogP contribution in [0.1, 0.15) is 20.7 Å². The van der Waals surface area contributed by atoms with Crippen molar-refractivity contribution in [3.63, 3.8) is 0 Å². The molecular weight excluding hydrogens is 360 g/mol. The van der Waals surface area contributed by atoms with Crippen molar-refractivity contribution in [1.29, 1.82) is 0 Å². The largest absolute Gasteiger partial charge is 0.322 e. The second kappa shape index (κ2) is 6.81. The summed E-state index contributed by atoms with van der Waals surface area (Å²) in [5.74, 6) is -0.546. The van der Waals surface area contributed by atoms with Crippen LogP contribution < -0.4 is 10.2 Å². The van der Waals surface area contributed by atoms with E-state index < -0.39 is 10.8 Å². The van der Waals surface area contributed by atoms with Crippen LogP contribution in [0.2, 0.25) is 0 Å². The molecule has 0 aliphatic carbocycles. The van der Waals surface area contributed by atoms with Crippen LogP contribution in [0.25, 0.3) is 0 Å². The molecule has 3 aromatic rings. The Hall–Kier alpha value is -3.25. The first-order valence-electron chi connectivity index (χ1n) is 8.35. The lowest BCUT2D eigenvalue weighted by atomic mass is 10.1. The molecule has 3 aromatic carbocycles. The molecule has 0 bridgehead atoms. The number of carbonyl (C=O) groups excluding carboxylic acids is 2. The number of hydrogen-bond donors (Lipinski definition) is 1. The van der Waals surface area contributed by atoms with Gasteiger partial charge in [-0.1, -0.05) is 30.3 Å². The summed E-state index contributed by atoms with van der Waals surface area (Å²) >= 11 is 0. The number of fused-ring (bicyclic) bond motifs is 2. The third-order valence-electron chi connectivity index (χ3n) is 4.44. The molecule has 2 amide bonds. The van der Waals surface area contributed by atoms with Gasteiger partial charge in [0.1, 0.15) is 0 Å². The highest BCUT2D eigenvalue weighted by Gasteiger charge is 2.29. The first-order chi connectivity index (χ1) is 13.1. The molecule has 0 saturated heterocycles. The lowest BCUT2D eigenvalue weighted by Crippen LogP contribution is -2.26. The van der Waals surface area contributed by atoms with Gasteiger partial charge in [-0.3, -0.25) is 9.59 Å². The van der Waals surface area contributed by atoms with Crippen LogP contribution in [0.15, 0.2) is 82.6 Å². The lowest BCUT2D eigenvalue weighted by molar-refractivity contribution is 0.0987. The fraction of sp³-hybridized carbons (Fsp3) is 0.0476. The fourth-order valence-electron chi connectivity index (χ4n) is 3.02. The monoisotopic (exact) mass is 376 g/mol. The van der Waals surface area contributed by atoms with Gasteiger partial charge in [0, 0.05) is 18.3 Å². The third kappa shape index (κ3) is 3.04. The van der Waals surface area contributed by atoms with Crippen molar-refractivity contribution in [2.75, 3.05) is 17.3 Å². The smallest absolute Gasteiger partial charge is 0.259 e. The van der Waals surface area contributed by atoms with Crippen molar-refractivity contribution in [1.82, 2.24) is 0 Å². The van der Waals surface area contributed by atoms with E-state index in [2.05, 4.69) is 5.32 Å². The predicted molar refractivity (Wildman–Crippen MR) is 105 cm³/mol. The molecule has 0 radical (unpaired) electrons. The van der Waals surface area contributed by atoms with Crippen molar-refractivity contribution < 1.29 is 13.8 Å². The number of para-hydroxylation sites is 1. The van der Waals surface area contributed by atoms with E-state index >= 15 is 0 Å². The minimum Gasteiger partial charge on any atom is -0.322 e. The Bertz CT molecular complexity index is 1080. The molecule has 27 heavy (non-hydrogen) atoms. The second-order valence-corrected chi connectivity index (χ2v) is 7.55. The van der Waals surface area contributed by atoms with Gasteiger partial charge in [-0.15, -0.1) is 0 Å². The Labute approximate surface area is 159 Å². The van der Waals surface area contributed by atoms with Crippen LogP contribution in [0, 0.1) is 0 Å². The summed E-state index contributed by atoms with van der Waals surface area (Å²) in [6.45, 7) is 0. The van der Waals surface area contributed by atoms with E-state index in [0.717, 1.165) is 0 Å². The number of carbonyl (C=O) groups is 2. The van der Waals surface area contributed by atoms with Crippen LogP contribution in [0.4, 0.5) is 11.4 Å². The van der Waals surface area contributed by atoms with Gasteiger partial charge < -0.3 is 10.2 Å². The highest BCUT2D eigenvalue weighted by atomic mass is 32.2. The number of nitrogens with zero attached hydrogens (tertiary/aromatic N) is 1. The molecule has 0 saturated carbocycles. The fourth-order valence-corrected chi connectivity index (χ4v) is 4.39. The molecule has 1 N–H and O–H groups in total. The van der Waals surface area contributed by atoms with E-state index in [1.807, 2.05) is 18.2 Å². The molecule has 0 fully saturated rings. The van der Waals surface area contributed by atoms with Crippen molar-refractivity contribution in [2.45, 2.75) is 9.79 Å². The predicted octanol–water partition coefficient (Wildman–Crippen LogP) is 3.70. The zero-order chi connectivity index (χ0) is 19.0. The first-order valence-corrected chi connectivity index (χ1v) is 9.50. The van der Waals surface area contributed by atoms with E-state index in [9.17, 15) is 13.8 Å². The quantitative estimate of drug-likeness (QED) is 0.742. The Morgan fingerprint density at radius 1 is 0.926 bits per heavy atom. The zero-order valence-electron chi connectivity index (χ0n) is 14.5. The minimum absolute atomic E-state index is 0.252. The number of nitrogens with one attached hydrogen (secondary N) is 1. The number of amides is 2. The van der Waals surface area contributed by atoms with Crippen LogP contribution in [0.5, 0.6) is 0 Å². The molecule has 134 valence electrons. The Morgan fingerprint density at radius 3 is 2.41 bits per heavy atom. The highest BCUT2D eigenvalue weighted by Crippen LogP contribution is 2.34. The first kappa shape index (κ1) is 17.2. The van der Waals surface area contributed by atoms with E-state index in [0.29, 0.717) is 32.3 Å². The van der Waals surface area contributed by atoms with Gasteiger partial charge in [-0.25, -0.2) is 4.21 Å². The Kier molecular flexibility index (Phi) is 4.33. The molecule has 1 aliphatic heterocycles. The maximum atomic E-state index is 13.0. The van der Waals surface area contributed by atoms with Crippen molar-refractivity contribution >= 4 is 34.0 Å². The number of rotatable bonds is 2. The molecule has 0 spiro atoms. The summed E-state index contributed by atoms with van der Waals surface area (Å²) in [4.78, 5) is 27.8. The van der Waals surface area contributed by atoms with Gasteiger partial charge in [0.25, 0.3) is 11.8 Å². The molecule has 1 heterocycles. The van der Waals surface area contributed by atoms with Crippen LogP contribution >= 0.6 is 0 Å². The van der Waals surface area contributed by atoms with Crippen molar-refractivity contribution in [3.05, 3.63) is 83.9 Å². The molecule has 5 nitrogen and oxygen atoms in total. The summed E-state index contributed by atoms with van der Waals surface area (Å²) in [5, 5.41) is 2.82. The molecular formula is C21H16N2O3S. The average molecular weight is 376 g/mol. The molecule has 4 rings (SSSR count). The van der Waals surface area contributed by atoms with E-state index in [4.69, 9.17) is 0 Å². The Morgan fingerprint density at radius 2 is 1.63 bits per heavy atom. The van der Waals surface area contributed by atoms with Crippen LogP contribution in [-0.2, 0) is 10.8 Å². The van der Waals surface area contributed by atoms with E-state index in [-0.39, 0.29) is 11.8 Å². The molecule has 1 unspecified atom stereocenters. The maximum absolute atomic E-state index is 13.0. The average Bonchev–Trinajstić information content (AvgIpc) is 2.79. The van der Waals surface area contributed by atoms with Crippen molar-refractivity contribution in [3.8, 4) is 0 Å². The number of benzene rings is 3. The van der Waals surface area contributed by atoms with Gasteiger partial charge in [0.2, 0.25) is 0 Å². The molecule has 1 atom stereocenters. The van der Waals surface area contributed by atoms with Gasteiger partial charge in [0.15, 0.2) is 0 Å². The number of anilines is 2. The van der Waals surface area contributed by atoms with Gasteiger partial charge in [-0.05, 0) is 42.5 Å². The van der Waals surface area contributed by atoms with Gasteiger partial charge in [0.05, 0.1) is 31.8 Å². The zero-order valence-corrected chi connectivity index (χ0v) is 15.3. The van der Waals surface area contributed by atoms with E-state index in [1.165, 1.54) is 4.90 Å². The standard InChI is InChI=1S/C21H16N2O3S/c1-23-17-13-14(20(24)22-15-7-3-2-4-8-15)11-12-19(17)27(26)18-10-6-5-9-16(18)21(23)25/h2-13H,1H3,(H,22,24). The SMILES string of the molecule is CN1C(=O)c2ccccc2S(=O)c2ccc(C(=O)Nc3ccccc3)cc21. The summed E-state index contributed by atoms with van der Waals surface area (Å²) in [5.41, 5.74) is 1.94.